The lowest BCUT2D eigenvalue weighted by Gasteiger charge is -2.29. The van der Waals surface area contributed by atoms with Crippen LogP contribution in [0, 0.1) is 0 Å². The smallest absolute Gasteiger partial charge is 0.451 e. The maximum atomic E-state index is 11.8. The molecule has 6 nitrogen and oxygen atoms in total. The second kappa shape index (κ2) is 8.33. The first-order valence-electron chi connectivity index (χ1n) is 8.30. The van der Waals surface area contributed by atoms with Gasteiger partial charge in [-0.05, 0) is 37.0 Å². The number of unbranched alkanes of at least 4 members (excludes halogenated alkanes) is 1. The van der Waals surface area contributed by atoms with Gasteiger partial charge >= 0.3 is 13.1 Å². The van der Waals surface area contributed by atoms with Crippen molar-refractivity contribution >= 4 is 23.9 Å². The fourth-order valence-corrected chi connectivity index (χ4v) is 3.04. The fraction of sp³-hybridized carbons (Fsp3) is 0.471. The van der Waals surface area contributed by atoms with E-state index in [0.29, 0.717) is 32.2 Å². The highest BCUT2D eigenvalue weighted by molar-refractivity contribution is 6.40. The summed E-state index contributed by atoms with van der Waals surface area (Å²) in [7, 11) is 0.340. The van der Waals surface area contributed by atoms with Crippen LogP contribution >= 0.6 is 0 Å². The molecular formula is C17H25BN2O4. The molecule has 0 aliphatic heterocycles. The minimum absolute atomic E-state index is 0.266. The molecule has 7 heteroatoms. The van der Waals surface area contributed by atoms with Gasteiger partial charge in [0.2, 0.25) is 0 Å². The molecule has 24 heavy (non-hydrogen) atoms. The van der Waals surface area contributed by atoms with Gasteiger partial charge in [0.25, 0.3) is 0 Å². The van der Waals surface area contributed by atoms with Gasteiger partial charge in [0.15, 0.2) is 0 Å². The minimum atomic E-state index is -1.33. The van der Waals surface area contributed by atoms with E-state index < -0.39 is 18.6 Å². The zero-order chi connectivity index (χ0) is 17.6. The predicted octanol–water partition coefficient (Wildman–Crippen LogP) is 1.72. The molecule has 0 aliphatic carbocycles. The van der Waals surface area contributed by atoms with Crippen molar-refractivity contribution in [2.24, 2.45) is 0 Å². The molecule has 1 heterocycles. The Balaban J connectivity index is 2.00. The number of aryl methyl sites for hydroxylation is 1. The lowest BCUT2D eigenvalue weighted by Crippen LogP contribution is -2.51. The summed E-state index contributed by atoms with van der Waals surface area (Å²) in [6.45, 7) is 0.602. The van der Waals surface area contributed by atoms with Gasteiger partial charge in [-0.25, -0.2) is 0 Å². The largest absolute Gasteiger partial charge is 0.480 e. The number of nitrogens with one attached hydrogen (secondary N) is 1. The summed E-state index contributed by atoms with van der Waals surface area (Å²) < 4.78 is 2.02. The van der Waals surface area contributed by atoms with Crippen molar-refractivity contribution in [2.45, 2.75) is 44.1 Å². The second-order valence-electron chi connectivity index (χ2n) is 6.24. The molecule has 1 aromatic carbocycles. The molecule has 1 aromatic heterocycles. The molecule has 2 aromatic rings. The van der Waals surface area contributed by atoms with E-state index in [1.165, 1.54) is 0 Å². The van der Waals surface area contributed by atoms with E-state index in [0.717, 1.165) is 10.8 Å². The number of rotatable bonds is 10. The number of likely N-dealkylation sites (N-methyl/N-ethyl adjacent to an activating group) is 1. The van der Waals surface area contributed by atoms with Gasteiger partial charge in [0.1, 0.15) is 5.54 Å². The molecule has 0 bridgehead atoms. The average molecular weight is 332 g/mol. The Bertz CT molecular complexity index is 640. The highest BCUT2D eigenvalue weighted by Gasteiger charge is 2.36. The standard InChI is InChI=1S/C17H25BN2O4/c1-19-17(16(21)22,8-4-5-10-18(23)24)9-11-20-12-14-6-2-3-7-15(14)13-20/h2-3,6-7,12-13,19,23-24H,4-5,8-11H2,1H3,(H,21,22). The number of carboxylic acid groups (broad SMARTS) is 1. The topological polar surface area (TPSA) is 94.7 Å². The number of benzene rings is 1. The Kier molecular flexibility index (Phi) is 6.42. The summed E-state index contributed by atoms with van der Waals surface area (Å²) in [5.74, 6) is -0.869. The van der Waals surface area contributed by atoms with Gasteiger partial charge in [-0.3, -0.25) is 4.79 Å². The molecule has 0 radical (unpaired) electrons. The van der Waals surface area contributed by atoms with Crippen LogP contribution in [0.5, 0.6) is 0 Å². The molecule has 0 aliphatic rings. The molecule has 2 rings (SSSR count). The van der Waals surface area contributed by atoms with Crippen molar-refractivity contribution in [3.63, 3.8) is 0 Å². The number of aliphatic carboxylic acids is 1. The van der Waals surface area contributed by atoms with Crippen LogP contribution in [0.2, 0.25) is 6.32 Å². The van der Waals surface area contributed by atoms with E-state index in [-0.39, 0.29) is 6.32 Å². The van der Waals surface area contributed by atoms with Gasteiger partial charge in [0, 0.05) is 18.9 Å². The maximum Gasteiger partial charge on any atom is 0.451 e. The van der Waals surface area contributed by atoms with Gasteiger partial charge in [-0.15, -0.1) is 0 Å². The van der Waals surface area contributed by atoms with Crippen molar-refractivity contribution in [2.75, 3.05) is 7.05 Å². The van der Waals surface area contributed by atoms with Crippen LogP contribution in [-0.4, -0.2) is 45.4 Å². The van der Waals surface area contributed by atoms with E-state index >= 15 is 0 Å². The highest BCUT2D eigenvalue weighted by Crippen LogP contribution is 2.22. The van der Waals surface area contributed by atoms with Crippen LogP contribution in [0.3, 0.4) is 0 Å². The molecule has 0 amide bonds. The van der Waals surface area contributed by atoms with Crippen molar-refractivity contribution in [1.82, 2.24) is 9.88 Å². The molecule has 0 saturated carbocycles. The predicted molar refractivity (Wildman–Crippen MR) is 94.8 cm³/mol. The Morgan fingerprint density at radius 2 is 1.79 bits per heavy atom. The SMILES string of the molecule is CNC(CCCCB(O)O)(CCn1cc2ccccc2c1)C(=O)O. The van der Waals surface area contributed by atoms with Crippen LogP contribution in [0.25, 0.3) is 10.8 Å². The fourth-order valence-electron chi connectivity index (χ4n) is 3.04. The molecule has 0 fully saturated rings. The van der Waals surface area contributed by atoms with Crippen molar-refractivity contribution in [3.05, 3.63) is 36.7 Å². The Labute approximate surface area is 142 Å². The average Bonchev–Trinajstić information content (AvgIpc) is 2.97. The van der Waals surface area contributed by atoms with Gasteiger partial charge < -0.3 is 25.0 Å². The molecule has 1 atom stereocenters. The lowest BCUT2D eigenvalue weighted by molar-refractivity contribution is -0.145. The van der Waals surface area contributed by atoms with Gasteiger partial charge in [-0.2, -0.15) is 0 Å². The molecular weight excluding hydrogens is 307 g/mol. The summed E-state index contributed by atoms with van der Waals surface area (Å²) in [6.07, 6.45) is 6.44. The van der Waals surface area contributed by atoms with Crippen molar-refractivity contribution in [1.29, 1.82) is 0 Å². The molecule has 1 unspecified atom stereocenters. The van der Waals surface area contributed by atoms with Crippen LogP contribution in [0.15, 0.2) is 36.7 Å². The Morgan fingerprint density at radius 1 is 1.17 bits per heavy atom. The number of hydrogen-bond donors (Lipinski definition) is 4. The van der Waals surface area contributed by atoms with Crippen LogP contribution in [0.1, 0.15) is 25.7 Å². The number of fused-ring (bicyclic) bond motifs is 1. The quantitative estimate of drug-likeness (QED) is 0.393. The van der Waals surface area contributed by atoms with Gasteiger partial charge in [0.05, 0.1) is 0 Å². The summed E-state index contributed by atoms with van der Waals surface area (Å²) >= 11 is 0. The Morgan fingerprint density at radius 3 is 2.29 bits per heavy atom. The molecule has 0 saturated heterocycles. The molecule has 0 spiro atoms. The summed E-state index contributed by atoms with van der Waals surface area (Å²) in [6, 6.07) is 8.04. The third-order valence-electron chi connectivity index (χ3n) is 4.61. The van der Waals surface area contributed by atoms with Crippen LogP contribution < -0.4 is 5.32 Å². The van der Waals surface area contributed by atoms with Gasteiger partial charge in [-0.1, -0.05) is 37.1 Å². The van der Waals surface area contributed by atoms with Crippen LogP contribution in [0.4, 0.5) is 0 Å². The molecule has 130 valence electrons. The first-order chi connectivity index (χ1) is 11.5. The Hall–Kier alpha value is -1.83. The first-order valence-corrected chi connectivity index (χ1v) is 8.30. The van der Waals surface area contributed by atoms with E-state index in [1.54, 1.807) is 7.05 Å². The number of nitrogens with zero attached hydrogens (tertiary/aromatic N) is 1. The van der Waals surface area contributed by atoms with E-state index in [9.17, 15) is 9.90 Å². The number of aromatic nitrogens is 1. The first kappa shape index (κ1) is 18.5. The number of hydrogen-bond acceptors (Lipinski definition) is 4. The summed E-state index contributed by atoms with van der Waals surface area (Å²) in [4.78, 5) is 11.8. The van der Waals surface area contributed by atoms with Crippen molar-refractivity contribution in [3.8, 4) is 0 Å². The van der Waals surface area contributed by atoms with Crippen LogP contribution in [-0.2, 0) is 11.3 Å². The maximum absolute atomic E-state index is 11.8. The zero-order valence-corrected chi connectivity index (χ0v) is 14.0. The number of carboxylic acids is 1. The highest BCUT2D eigenvalue weighted by atomic mass is 16.4. The van der Waals surface area contributed by atoms with E-state index in [4.69, 9.17) is 10.0 Å². The third-order valence-corrected chi connectivity index (χ3v) is 4.61. The number of carbonyl (C=O) groups is 1. The normalized spacial score (nSPS) is 13.8. The summed E-state index contributed by atoms with van der Waals surface area (Å²) in [5, 5.41) is 32.7. The van der Waals surface area contributed by atoms with E-state index in [1.807, 2.05) is 41.2 Å². The second-order valence-corrected chi connectivity index (χ2v) is 6.24. The van der Waals surface area contributed by atoms with E-state index in [2.05, 4.69) is 5.32 Å². The van der Waals surface area contributed by atoms with Crippen molar-refractivity contribution < 1.29 is 19.9 Å². The lowest BCUT2D eigenvalue weighted by atomic mass is 9.81. The minimum Gasteiger partial charge on any atom is -0.480 e. The zero-order valence-electron chi connectivity index (χ0n) is 14.0. The molecule has 4 N–H and O–H groups in total. The summed E-state index contributed by atoms with van der Waals surface area (Å²) in [5.41, 5.74) is -1.00. The monoisotopic (exact) mass is 332 g/mol. The third kappa shape index (κ3) is 4.60.